The lowest BCUT2D eigenvalue weighted by molar-refractivity contribution is 0.0686. The van der Waals surface area contributed by atoms with Crippen molar-refractivity contribution < 1.29 is 14.3 Å². The zero-order chi connectivity index (χ0) is 11.5. The van der Waals surface area contributed by atoms with E-state index in [-0.39, 0.29) is 5.69 Å². The molecule has 0 amide bonds. The maximum Gasteiger partial charge on any atom is 0.355 e. The lowest BCUT2D eigenvalue weighted by atomic mass is 10.3. The van der Waals surface area contributed by atoms with Crippen molar-refractivity contribution in [2.24, 2.45) is 0 Å². The van der Waals surface area contributed by atoms with Gasteiger partial charge in [0.1, 0.15) is 6.26 Å². The number of oxazole rings is 1. The molecule has 2 heterocycles. The molecular formula is C10H8N2O3S. The van der Waals surface area contributed by atoms with E-state index >= 15 is 0 Å². The lowest BCUT2D eigenvalue weighted by Gasteiger charge is -2.00. The Labute approximate surface area is 95.5 Å². The molecule has 0 unspecified atom stereocenters. The number of aryl methyl sites for hydroxylation is 1. The molecule has 0 aliphatic carbocycles. The van der Waals surface area contributed by atoms with Crippen molar-refractivity contribution in [2.75, 3.05) is 0 Å². The second kappa shape index (κ2) is 4.36. The topological polar surface area (TPSA) is 76.2 Å². The van der Waals surface area contributed by atoms with Gasteiger partial charge in [-0.15, -0.1) is 0 Å². The van der Waals surface area contributed by atoms with Gasteiger partial charge in [0.2, 0.25) is 0 Å². The van der Waals surface area contributed by atoms with Gasteiger partial charge >= 0.3 is 5.97 Å². The summed E-state index contributed by atoms with van der Waals surface area (Å²) in [6.07, 6.45) is 2.95. The molecule has 0 radical (unpaired) electrons. The number of pyridine rings is 1. The summed E-state index contributed by atoms with van der Waals surface area (Å²) in [6.45, 7) is 1.80. The van der Waals surface area contributed by atoms with Crippen molar-refractivity contribution in [3.05, 3.63) is 36.0 Å². The molecule has 0 aliphatic rings. The minimum Gasteiger partial charge on any atom is -0.476 e. The van der Waals surface area contributed by atoms with Crippen LogP contribution in [0.4, 0.5) is 0 Å². The van der Waals surface area contributed by atoms with Crippen molar-refractivity contribution in [1.29, 1.82) is 0 Å². The van der Waals surface area contributed by atoms with E-state index in [9.17, 15) is 4.79 Å². The molecule has 82 valence electrons. The van der Waals surface area contributed by atoms with Gasteiger partial charge in [0.05, 0.1) is 10.6 Å². The minimum absolute atomic E-state index is 0.00310. The molecule has 6 heteroatoms. The SMILES string of the molecule is Cc1coc(Sc2cccnc2C(=O)O)n1. The van der Waals surface area contributed by atoms with Crippen LogP contribution in [-0.2, 0) is 0 Å². The predicted octanol–water partition coefficient (Wildman–Crippen LogP) is 2.23. The van der Waals surface area contributed by atoms with Gasteiger partial charge in [0.25, 0.3) is 5.22 Å². The molecule has 2 aromatic rings. The average Bonchev–Trinajstić information content (AvgIpc) is 2.64. The van der Waals surface area contributed by atoms with Gasteiger partial charge in [-0.1, -0.05) is 0 Å². The normalized spacial score (nSPS) is 10.3. The van der Waals surface area contributed by atoms with Gasteiger partial charge in [0.15, 0.2) is 5.69 Å². The summed E-state index contributed by atoms with van der Waals surface area (Å²) in [6, 6.07) is 3.34. The van der Waals surface area contributed by atoms with E-state index in [1.165, 1.54) is 12.5 Å². The van der Waals surface area contributed by atoms with Crippen molar-refractivity contribution in [1.82, 2.24) is 9.97 Å². The Bertz CT molecular complexity index is 524. The second-order valence-corrected chi connectivity index (χ2v) is 4.01. The molecule has 0 saturated heterocycles. The van der Waals surface area contributed by atoms with Gasteiger partial charge < -0.3 is 9.52 Å². The zero-order valence-electron chi connectivity index (χ0n) is 8.38. The first-order chi connectivity index (χ1) is 7.66. The average molecular weight is 236 g/mol. The number of hydrogen-bond acceptors (Lipinski definition) is 5. The first-order valence-corrected chi connectivity index (χ1v) is 5.27. The summed E-state index contributed by atoms with van der Waals surface area (Å²) in [4.78, 5) is 19.3. The van der Waals surface area contributed by atoms with Crippen LogP contribution in [0.15, 0.2) is 39.1 Å². The highest BCUT2D eigenvalue weighted by Crippen LogP contribution is 2.28. The predicted molar refractivity (Wildman–Crippen MR) is 56.6 cm³/mol. The van der Waals surface area contributed by atoms with Crippen LogP contribution in [0, 0.1) is 6.92 Å². The van der Waals surface area contributed by atoms with Gasteiger partial charge in [-0.05, 0) is 30.8 Å². The van der Waals surface area contributed by atoms with E-state index in [0.29, 0.717) is 10.1 Å². The fourth-order valence-electron chi connectivity index (χ4n) is 1.11. The number of carboxylic acid groups (broad SMARTS) is 1. The van der Waals surface area contributed by atoms with Crippen LogP contribution in [0.2, 0.25) is 0 Å². The van der Waals surface area contributed by atoms with E-state index in [2.05, 4.69) is 9.97 Å². The molecule has 2 aromatic heterocycles. The van der Waals surface area contributed by atoms with E-state index in [4.69, 9.17) is 9.52 Å². The molecule has 0 atom stereocenters. The molecule has 1 N–H and O–H groups in total. The Morgan fingerprint density at radius 3 is 3.00 bits per heavy atom. The summed E-state index contributed by atoms with van der Waals surface area (Å²) in [5, 5.41) is 9.33. The highest BCUT2D eigenvalue weighted by Gasteiger charge is 2.14. The Hall–Kier alpha value is -1.82. The second-order valence-electron chi connectivity index (χ2n) is 3.01. The van der Waals surface area contributed by atoms with Gasteiger partial charge in [0, 0.05) is 6.20 Å². The highest BCUT2D eigenvalue weighted by atomic mass is 32.2. The molecule has 2 rings (SSSR count). The van der Waals surface area contributed by atoms with E-state index in [0.717, 1.165) is 17.5 Å². The third kappa shape index (κ3) is 2.22. The molecule has 0 saturated carbocycles. The Kier molecular flexibility index (Phi) is 2.91. The van der Waals surface area contributed by atoms with Crippen LogP contribution in [0.3, 0.4) is 0 Å². The van der Waals surface area contributed by atoms with Crippen LogP contribution < -0.4 is 0 Å². The van der Waals surface area contributed by atoms with Gasteiger partial charge in [-0.25, -0.2) is 14.8 Å². The van der Waals surface area contributed by atoms with Gasteiger partial charge in [-0.2, -0.15) is 0 Å². The largest absolute Gasteiger partial charge is 0.476 e. The fourth-order valence-corrected chi connectivity index (χ4v) is 1.96. The van der Waals surface area contributed by atoms with Crippen molar-refractivity contribution in [3.63, 3.8) is 0 Å². The number of carboxylic acids is 1. The number of aromatic nitrogens is 2. The maximum atomic E-state index is 10.9. The monoisotopic (exact) mass is 236 g/mol. The zero-order valence-corrected chi connectivity index (χ0v) is 9.19. The highest BCUT2D eigenvalue weighted by molar-refractivity contribution is 7.99. The van der Waals surface area contributed by atoms with Crippen molar-refractivity contribution >= 4 is 17.7 Å². The smallest absolute Gasteiger partial charge is 0.355 e. The summed E-state index contributed by atoms with van der Waals surface area (Å²) >= 11 is 1.14. The molecule has 16 heavy (non-hydrogen) atoms. The van der Waals surface area contributed by atoms with Crippen LogP contribution in [-0.4, -0.2) is 21.0 Å². The summed E-state index contributed by atoms with van der Waals surface area (Å²) in [7, 11) is 0. The maximum absolute atomic E-state index is 10.9. The molecule has 0 fully saturated rings. The summed E-state index contributed by atoms with van der Waals surface area (Å²) in [5.74, 6) is -1.06. The van der Waals surface area contributed by atoms with Crippen LogP contribution in [0.1, 0.15) is 16.2 Å². The summed E-state index contributed by atoms with van der Waals surface area (Å²) in [5.41, 5.74) is 0.756. The number of rotatable bonds is 3. The standard InChI is InChI=1S/C10H8N2O3S/c1-6-5-15-10(12-6)16-7-3-2-4-11-8(7)9(13)14/h2-5H,1H3,(H,13,14). The molecular weight excluding hydrogens is 228 g/mol. The fraction of sp³-hybridized carbons (Fsp3) is 0.100. The van der Waals surface area contributed by atoms with Crippen molar-refractivity contribution in [2.45, 2.75) is 17.0 Å². The number of carbonyl (C=O) groups is 1. The van der Waals surface area contributed by atoms with Crippen LogP contribution in [0.25, 0.3) is 0 Å². The molecule has 0 bridgehead atoms. The quantitative estimate of drug-likeness (QED) is 0.880. The Morgan fingerprint density at radius 2 is 2.38 bits per heavy atom. The van der Waals surface area contributed by atoms with Crippen LogP contribution >= 0.6 is 11.8 Å². The summed E-state index contributed by atoms with van der Waals surface area (Å²) < 4.78 is 5.13. The Balaban J connectivity index is 2.31. The first-order valence-electron chi connectivity index (χ1n) is 4.45. The first kappa shape index (κ1) is 10.7. The molecule has 0 aliphatic heterocycles. The van der Waals surface area contributed by atoms with E-state index < -0.39 is 5.97 Å². The van der Waals surface area contributed by atoms with Crippen molar-refractivity contribution in [3.8, 4) is 0 Å². The Morgan fingerprint density at radius 1 is 1.56 bits per heavy atom. The third-order valence-electron chi connectivity index (χ3n) is 1.77. The molecule has 0 spiro atoms. The van der Waals surface area contributed by atoms with E-state index in [1.54, 1.807) is 19.1 Å². The minimum atomic E-state index is -1.06. The number of hydrogen-bond donors (Lipinski definition) is 1. The van der Waals surface area contributed by atoms with Crippen LogP contribution in [0.5, 0.6) is 0 Å². The number of aromatic carboxylic acids is 1. The number of nitrogens with zero attached hydrogens (tertiary/aromatic N) is 2. The molecule has 5 nitrogen and oxygen atoms in total. The lowest BCUT2D eigenvalue weighted by Crippen LogP contribution is -2.01. The third-order valence-corrected chi connectivity index (χ3v) is 2.68. The van der Waals surface area contributed by atoms with E-state index in [1.807, 2.05) is 0 Å². The van der Waals surface area contributed by atoms with Gasteiger partial charge in [-0.3, -0.25) is 0 Å². The molecule has 0 aromatic carbocycles.